The highest BCUT2D eigenvalue weighted by atomic mass is 19.4. The highest BCUT2D eigenvalue weighted by Gasteiger charge is 2.56. The summed E-state index contributed by atoms with van der Waals surface area (Å²) in [6, 6.07) is 0. The third-order valence-electron chi connectivity index (χ3n) is 1.31. The van der Waals surface area contributed by atoms with Crippen molar-refractivity contribution in [1.82, 2.24) is 0 Å². The average molecular weight is 188 g/mol. The van der Waals surface area contributed by atoms with Crippen LogP contribution in [0, 0.1) is 0 Å². The number of halogens is 5. The SMILES string of the molecule is C=CCCCC(F)(F)C(F)(F)F. The minimum Gasteiger partial charge on any atom is -0.196 e. The molecule has 0 spiro atoms. The molecule has 12 heavy (non-hydrogen) atoms. The van der Waals surface area contributed by atoms with E-state index in [0.29, 0.717) is 0 Å². The van der Waals surface area contributed by atoms with Crippen molar-refractivity contribution in [2.24, 2.45) is 0 Å². The van der Waals surface area contributed by atoms with Gasteiger partial charge in [-0.15, -0.1) is 6.58 Å². The smallest absolute Gasteiger partial charge is 0.196 e. The largest absolute Gasteiger partial charge is 0.453 e. The molecule has 0 nitrogen and oxygen atoms in total. The maximum atomic E-state index is 12.1. The van der Waals surface area contributed by atoms with Gasteiger partial charge in [-0.3, -0.25) is 0 Å². The van der Waals surface area contributed by atoms with Crippen LogP contribution in [0.25, 0.3) is 0 Å². The van der Waals surface area contributed by atoms with E-state index in [1.165, 1.54) is 6.08 Å². The van der Waals surface area contributed by atoms with Gasteiger partial charge in [-0.05, 0) is 12.8 Å². The summed E-state index contributed by atoms with van der Waals surface area (Å²) < 4.78 is 58.6. The molecule has 0 bridgehead atoms. The second kappa shape index (κ2) is 3.87. The summed E-state index contributed by atoms with van der Waals surface area (Å²) in [6.45, 7) is 3.22. The molecular formula is C7H9F5. The van der Waals surface area contributed by atoms with Gasteiger partial charge < -0.3 is 0 Å². The summed E-state index contributed by atoms with van der Waals surface area (Å²) in [5, 5.41) is 0. The molecule has 0 aromatic carbocycles. The number of allylic oxidation sites excluding steroid dienone is 1. The van der Waals surface area contributed by atoms with Crippen LogP contribution in [0.15, 0.2) is 12.7 Å². The molecule has 0 saturated carbocycles. The van der Waals surface area contributed by atoms with Gasteiger partial charge in [-0.1, -0.05) is 6.08 Å². The highest BCUT2D eigenvalue weighted by Crippen LogP contribution is 2.38. The van der Waals surface area contributed by atoms with Gasteiger partial charge in [0.15, 0.2) is 0 Å². The molecule has 0 fully saturated rings. The predicted octanol–water partition coefficient (Wildman–Crippen LogP) is 3.54. The van der Waals surface area contributed by atoms with E-state index < -0.39 is 18.5 Å². The predicted molar refractivity (Wildman–Crippen MR) is 35.0 cm³/mol. The lowest BCUT2D eigenvalue weighted by molar-refractivity contribution is -0.284. The Morgan fingerprint density at radius 1 is 1.08 bits per heavy atom. The van der Waals surface area contributed by atoms with Crippen molar-refractivity contribution in [2.45, 2.75) is 31.4 Å². The monoisotopic (exact) mass is 188 g/mol. The molecule has 0 aromatic heterocycles. The number of hydrogen-bond donors (Lipinski definition) is 0. The van der Waals surface area contributed by atoms with Gasteiger partial charge in [0.05, 0.1) is 0 Å². The maximum absolute atomic E-state index is 12.1. The third kappa shape index (κ3) is 3.19. The van der Waals surface area contributed by atoms with Gasteiger partial charge in [0, 0.05) is 6.42 Å². The molecule has 0 saturated heterocycles. The van der Waals surface area contributed by atoms with Crippen LogP contribution < -0.4 is 0 Å². The van der Waals surface area contributed by atoms with Gasteiger partial charge in [0.1, 0.15) is 0 Å². The normalized spacial score (nSPS) is 13.1. The molecule has 0 rings (SSSR count). The first-order valence-corrected chi connectivity index (χ1v) is 3.36. The topological polar surface area (TPSA) is 0 Å². The van der Waals surface area contributed by atoms with Gasteiger partial charge in [-0.25, -0.2) is 0 Å². The summed E-state index contributed by atoms with van der Waals surface area (Å²) in [5.41, 5.74) is 0. The number of unbranched alkanes of at least 4 members (excludes halogenated alkanes) is 1. The van der Waals surface area contributed by atoms with Gasteiger partial charge in [-0.2, -0.15) is 22.0 Å². The quantitative estimate of drug-likeness (QED) is 0.359. The molecule has 0 N–H and O–H groups in total. The van der Waals surface area contributed by atoms with Crippen LogP contribution in [0.5, 0.6) is 0 Å². The Balaban J connectivity index is 3.95. The van der Waals surface area contributed by atoms with E-state index in [9.17, 15) is 22.0 Å². The fourth-order valence-corrected chi connectivity index (χ4v) is 0.610. The lowest BCUT2D eigenvalue weighted by atomic mass is 10.1. The summed E-state index contributed by atoms with van der Waals surface area (Å²) in [5.74, 6) is -4.56. The summed E-state index contributed by atoms with van der Waals surface area (Å²) in [6.07, 6.45) is -5.30. The Morgan fingerprint density at radius 3 is 1.92 bits per heavy atom. The van der Waals surface area contributed by atoms with Crippen LogP contribution in [0.1, 0.15) is 19.3 Å². The standard InChI is InChI=1S/C7H9F5/c1-2-3-4-5-6(8,9)7(10,11)12/h2H,1,3-5H2. The molecule has 0 aliphatic carbocycles. The van der Waals surface area contributed by atoms with Crippen molar-refractivity contribution in [1.29, 1.82) is 0 Å². The lowest BCUT2D eigenvalue weighted by Crippen LogP contribution is -2.36. The molecule has 0 amide bonds. The third-order valence-corrected chi connectivity index (χ3v) is 1.31. The van der Waals surface area contributed by atoms with Crippen molar-refractivity contribution in [3.63, 3.8) is 0 Å². The molecule has 0 aliphatic heterocycles. The molecule has 0 unspecified atom stereocenters. The zero-order valence-corrected chi connectivity index (χ0v) is 6.30. The highest BCUT2D eigenvalue weighted by molar-refractivity contribution is 4.77. The molecule has 5 heteroatoms. The fourth-order valence-electron chi connectivity index (χ4n) is 0.610. The fraction of sp³-hybridized carbons (Fsp3) is 0.714. The van der Waals surface area contributed by atoms with E-state index in [-0.39, 0.29) is 12.8 Å². The zero-order valence-electron chi connectivity index (χ0n) is 6.30. The van der Waals surface area contributed by atoms with Crippen molar-refractivity contribution in [3.05, 3.63) is 12.7 Å². The van der Waals surface area contributed by atoms with Crippen molar-refractivity contribution in [2.75, 3.05) is 0 Å². The Morgan fingerprint density at radius 2 is 1.58 bits per heavy atom. The van der Waals surface area contributed by atoms with E-state index in [0.717, 1.165) is 0 Å². The van der Waals surface area contributed by atoms with E-state index >= 15 is 0 Å². The van der Waals surface area contributed by atoms with E-state index in [4.69, 9.17) is 0 Å². The van der Waals surface area contributed by atoms with Crippen LogP contribution in [-0.4, -0.2) is 12.1 Å². The van der Waals surface area contributed by atoms with Gasteiger partial charge in [0.2, 0.25) is 0 Å². The first-order valence-electron chi connectivity index (χ1n) is 3.36. The number of rotatable bonds is 4. The zero-order chi connectivity index (χ0) is 9.83. The van der Waals surface area contributed by atoms with E-state index in [1.807, 2.05) is 0 Å². The van der Waals surface area contributed by atoms with Gasteiger partial charge in [0.25, 0.3) is 0 Å². The minimum atomic E-state index is -5.42. The second-order valence-corrected chi connectivity index (χ2v) is 2.38. The van der Waals surface area contributed by atoms with E-state index in [2.05, 4.69) is 6.58 Å². The molecule has 0 radical (unpaired) electrons. The number of alkyl halides is 5. The first kappa shape index (κ1) is 11.4. The van der Waals surface area contributed by atoms with E-state index in [1.54, 1.807) is 0 Å². The number of hydrogen-bond acceptors (Lipinski definition) is 0. The molecule has 0 heterocycles. The summed E-state index contributed by atoms with van der Waals surface area (Å²) in [4.78, 5) is 0. The van der Waals surface area contributed by atoms with Crippen molar-refractivity contribution >= 4 is 0 Å². The molecule has 0 atom stereocenters. The van der Waals surface area contributed by atoms with Crippen LogP contribution in [0.3, 0.4) is 0 Å². The van der Waals surface area contributed by atoms with Crippen LogP contribution in [0.4, 0.5) is 22.0 Å². The summed E-state index contributed by atoms with van der Waals surface area (Å²) in [7, 11) is 0. The Bertz CT molecular complexity index is 146. The molecule has 0 aromatic rings. The average Bonchev–Trinajstić information content (AvgIpc) is 1.85. The first-order chi connectivity index (χ1) is 5.31. The lowest BCUT2D eigenvalue weighted by Gasteiger charge is -2.18. The summed E-state index contributed by atoms with van der Waals surface area (Å²) >= 11 is 0. The second-order valence-electron chi connectivity index (χ2n) is 2.38. The molecule has 72 valence electrons. The molecule has 0 aliphatic rings. The minimum absolute atomic E-state index is 0.172. The Labute approximate surface area is 67.1 Å². The maximum Gasteiger partial charge on any atom is 0.453 e. The van der Waals surface area contributed by atoms with Crippen LogP contribution in [-0.2, 0) is 0 Å². The van der Waals surface area contributed by atoms with Crippen LogP contribution >= 0.6 is 0 Å². The van der Waals surface area contributed by atoms with Crippen molar-refractivity contribution in [3.8, 4) is 0 Å². The Hall–Kier alpha value is -0.610. The van der Waals surface area contributed by atoms with Gasteiger partial charge >= 0.3 is 12.1 Å². The molecular weight excluding hydrogens is 179 g/mol. The van der Waals surface area contributed by atoms with Crippen LogP contribution in [0.2, 0.25) is 0 Å². The van der Waals surface area contributed by atoms with Crippen molar-refractivity contribution < 1.29 is 22.0 Å². The Kier molecular flexibility index (Phi) is 3.67.